The molecule has 21 heavy (non-hydrogen) atoms. The van der Waals surface area contributed by atoms with Gasteiger partial charge in [-0.3, -0.25) is 10.1 Å². The number of hydrogen-bond donors (Lipinski definition) is 1. The molecule has 2 atom stereocenters. The van der Waals surface area contributed by atoms with Gasteiger partial charge in [0.25, 0.3) is 0 Å². The first kappa shape index (κ1) is 14.6. The SMILES string of the molecule is CCCC1NC(Cc2ccccc2)C(=O)N1CC1CCC1. The summed E-state index contributed by atoms with van der Waals surface area (Å²) in [6.07, 6.45) is 7.16. The summed E-state index contributed by atoms with van der Waals surface area (Å²) in [5.74, 6) is 1.05. The van der Waals surface area contributed by atoms with E-state index < -0.39 is 0 Å². The van der Waals surface area contributed by atoms with Crippen molar-refractivity contribution in [1.29, 1.82) is 0 Å². The number of rotatable bonds is 6. The monoisotopic (exact) mass is 286 g/mol. The molecule has 1 N–H and O–H groups in total. The van der Waals surface area contributed by atoms with Crippen LogP contribution in [0.3, 0.4) is 0 Å². The van der Waals surface area contributed by atoms with Crippen LogP contribution >= 0.6 is 0 Å². The topological polar surface area (TPSA) is 32.3 Å². The van der Waals surface area contributed by atoms with Crippen molar-refractivity contribution >= 4 is 5.91 Å². The Morgan fingerprint density at radius 1 is 1.24 bits per heavy atom. The summed E-state index contributed by atoms with van der Waals surface area (Å²) in [5, 5.41) is 3.57. The molecule has 0 aromatic heterocycles. The molecule has 3 rings (SSSR count). The third-order valence-corrected chi connectivity index (χ3v) is 4.88. The third-order valence-electron chi connectivity index (χ3n) is 4.88. The molecule has 2 fully saturated rings. The number of carbonyl (C=O) groups is 1. The maximum absolute atomic E-state index is 12.7. The van der Waals surface area contributed by atoms with Crippen LogP contribution < -0.4 is 5.32 Å². The Bertz CT molecular complexity index is 469. The predicted octanol–water partition coefficient (Wildman–Crippen LogP) is 2.96. The third kappa shape index (κ3) is 3.29. The van der Waals surface area contributed by atoms with Crippen molar-refractivity contribution in [3.8, 4) is 0 Å². The largest absolute Gasteiger partial charge is 0.326 e. The van der Waals surface area contributed by atoms with Gasteiger partial charge in [-0.25, -0.2) is 0 Å². The second-order valence-electron chi connectivity index (χ2n) is 6.50. The van der Waals surface area contributed by atoms with Gasteiger partial charge in [-0.1, -0.05) is 50.1 Å². The zero-order valence-electron chi connectivity index (χ0n) is 12.9. The minimum Gasteiger partial charge on any atom is -0.326 e. The van der Waals surface area contributed by atoms with Gasteiger partial charge >= 0.3 is 0 Å². The molecule has 1 aromatic rings. The number of amides is 1. The number of carbonyl (C=O) groups excluding carboxylic acids is 1. The second-order valence-corrected chi connectivity index (χ2v) is 6.50. The highest BCUT2D eigenvalue weighted by Crippen LogP contribution is 2.29. The van der Waals surface area contributed by atoms with Crippen LogP contribution in [0.2, 0.25) is 0 Å². The predicted molar refractivity (Wildman–Crippen MR) is 84.8 cm³/mol. The second kappa shape index (κ2) is 6.61. The van der Waals surface area contributed by atoms with E-state index in [-0.39, 0.29) is 12.2 Å². The van der Waals surface area contributed by atoms with E-state index in [0.717, 1.165) is 31.7 Å². The van der Waals surface area contributed by atoms with Crippen molar-refractivity contribution in [2.75, 3.05) is 6.54 Å². The van der Waals surface area contributed by atoms with E-state index in [1.54, 1.807) is 0 Å². The van der Waals surface area contributed by atoms with Crippen LogP contribution in [0.15, 0.2) is 30.3 Å². The molecule has 114 valence electrons. The highest BCUT2D eigenvalue weighted by Gasteiger charge is 2.39. The smallest absolute Gasteiger partial charge is 0.241 e. The van der Waals surface area contributed by atoms with Crippen molar-refractivity contribution in [1.82, 2.24) is 10.2 Å². The zero-order chi connectivity index (χ0) is 14.7. The van der Waals surface area contributed by atoms with Gasteiger partial charge in [0.05, 0.1) is 12.2 Å². The minimum absolute atomic E-state index is 0.0379. The van der Waals surface area contributed by atoms with Crippen molar-refractivity contribution in [2.24, 2.45) is 5.92 Å². The van der Waals surface area contributed by atoms with Gasteiger partial charge in [0.2, 0.25) is 5.91 Å². The van der Waals surface area contributed by atoms with E-state index in [0.29, 0.717) is 5.91 Å². The van der Waals surface area contributed by atoms with Gasteiger partial charge < -0.3 is 4.90 Å². The molecule has 3 heteroatoms. The van der Waals surface area contributed by atoms with Gasteiger partial charge in [0.15, 0.2) is 0 Å². The first-order chi connectivity index (χ1) is 10.3. The number of benzene rings is 1. The Morgan fingerprint density at radius 3 is 2.62 bits per heavy atom. The molecule has 1 aliphatic carbocycles. The molecular formula is C18H26N2O. The summed E-state index contributed by atoms with van der Waals surface area (Å²) >= 11 is 0. The molecule has 1 aliphatic heterocycles. The fourth-order valence-electron chi connectivity index (χ4n) is 3.43. The van der Waals surface area contributed by atoms with E-state index in [1.165, 1.54) is 24.8 Å². The summed E-state index contributed by atoms with van der Waals surface area (Å²) in [6.45, 7) is 3.15. The Labute approximate surface area is 127 Å². The lowest BCUT2D eigenvalue weighted by molar-refractivity contribution is -0.131. The highest BCUT2D eigenvalue weighted by molar-refractivity contribution is 5.84. The average Bonchev–Trinajstić information content (AvgIpc) is 2.72. The Morgan fingerprint density at radius 2 is 2.00 bits per heavy atom. The maximum Gasteiger partial charge on any atom is 0.241 e. The molecule has 0 spiro atoms. The van der Waals surface area contributed by atoms with Crippen molar-refractivity contribution < 1.29 is 4.79 Å². The quantitative estimate of drug-likeness (QED) is 0.872. The molecule has 2 unspecified atom stereocenters. The van der Waals surface area contributed by atoms with Gasteiger partial charge in [-0.05, 0) is 37.2 Å². The first-order valence-electron chi connectivity index (χ1n) is 8.38. The van der Waals surface area contributed by atoms with E-state index in [1.807, 2.05) is 18.2 Å². The summed E-state index contributed by atoms with van der Waals surface area (Å²) in [5.41, 5.74) is 1.24. The molecule has 0 radical (unpaired) electrons. The molecular weight excluding hydrogens is 260 g/mol. The van der Waals surface area contributed by atoms with E-state index in [2.05, 4.69) is 29.3 Å². The normalized spacial score (nSPS) is 26.1. The van der Waals surface area contributed by atoms with Gasteiger partial charge in [-0.15, -0.1) is 0 Å². The fraction of sp³-hybridized carbons (Fsp3) is 0.611. The van der Waals surface area contributed by atoms with Crippen LogP contribution in [-0.2, 0) is 11.2 Å². The maximum atomic E-state index is 12.7. The summed E-state index contributed by atoms with van der Waals surface area (Å²) in [7, 11) is 0. The van der Waals surface area contributed by atoms with E-state index in [4.69, 9.17) is 0 Å². The molecule has 1 amide bonds. The van der Waals surface area contributed by atoms with Gasteiger partial charge in [0, 0.05) is 6.54 Å². The lowest BCUT2D eigenvalue weighted by atomic mass is 9.85. The van der Waals surface area contributed by atoms with Crippen molar-refractivity contribution in [2.45, 2.75) is 57.7 Å². The number of nitrogens with one attached hydrogen (secondary N) is 1. The lowest BCUT2D eigenvalue weighted by Gasteiger charge is -2.33. The molecule has 1 saturated carbocycles. The Kier molecular flexibility index (Phi) is 4.59. The zero-order valence-corrected chi connectivity index (χ0v) is 12.9. The van der Waals surface area contributed by atoms with Crippen LogP contribution in [0.4, 0.5) is 0 Å². The molecule has 1 aromatic carbocycles. The van der Waals surface area contributed by atoms with Crippen molar-refractivity contribution in [3.63, 3.8) is 0 Å². The highest BCUT2D eigenvalue weighted by atomic mass is 16.2. The van der Waals surface area contributed by atoms with Gasteiger partial charge in [0.1, 0.15) is 0 Å². The van der Waals surface area contributed by atoms with Gasteiger partial charge in [-0.2, -0.15) is 0 Å². The Balaban J connectivity index is 1.66. The first-order valence-corrected chi connectivity index (χ1v) is 8.38. The standard InChI is InChI=1S/C18H26N2O/c1-2-7-17-19-16(12-14-8-4-3-5-9-14)18(21)20(17)13-15-10-6-11-15/h3-5,8-9,15-17,19H,2,6-7,10-13H2,1H3. The fourth-order valence-corrected chi connectivity index (χ4v) is 3.43. The summed E-state index contributed by atoms with van der Waals surface area (Å²) < 4.78 is 0. The lowest BCUT2D eigenvalue weighted by Crippen LogP contribution is -2.41. The summed E-state index contributed by atoms with van der Waals surface area (Å²) in [6, 6.07) is 10.3. The average molecular weight is 286 g/mol. The molecule has 1 saturated heterocycles. The molecule has 2 aliphatic rings. The van der Waals surface area contributed by atoms with Crippen LogP contribution in [0.1, 0.15) is 44.6 Å². The molecule has 0 bridgehead atoms. The van der Waals surface area contributed by atoms with Crippen molar-refractivity contribution in [3.05, 3.63) is 35.9 Å². The van der Waals surface area contributed by atoms with E-state index >= 15 is 0 Å². The van der Waals surface area contributed by atoms with Crippen LogP contribution in [0.25, 0.3) is 0 Å². The number of hydrogen-bond acceptors (Lipinski definition) is 2. The van der Waals surface area contributed by atoms with Crippen LogP contribution in [0, 0.1) is 5.92 Å². The van der Waals surface area contributed by atoms with Crippen LogP contribution in [-0.4, -0.2) is 29.6 Å². The molecule has 3 nitrogen and oxygen atoms in total. The number of nitrogens with zero attached hydrogens (tertiary/aromatic N) is 1. The minimum atomic E-state index is -0.0379. The van der Waals surface area contributed by atoms with Crippen LogP contribution in [0.5, 0.6) is 0 Å². The Hall–Kier alpha value is -1.35. The molecule has 1 heterocycles. The summed E-state index contributed by atoms with van der Waals surface area (Å²) in [4.78, 5) is 14.9. The van der Waals surface area contributed by atoms with E-state index in [9.17, 15) is 4.79 Å².